The van der Waals surface area contributed by atoms with Crippen molar-refractivity contribution < 1.29 is 24.2 Å². The summed E-state index contributed by atoms with van der Waals surface area (Å²) in [5.74, 6) is -1.18. The highest BCUT2D eigenvalue weighted by Gasteiger charge is 2.48. The number of nitrogens with one attached hydrogen (secondary N) is 1. The second-order valence-electron chi connectivity index (χ2n) is 11.1. The largest absolute Gasteiger partial charge is 0.391 e. The van der Waals surface area contributed by atoms with Gasteiger partial charge in [-0.2, -0.15) is 0 Å². The van der Waals surface area contributed by atoms with E-state index in [2.05, 4.69) is 10.3 Å². The molecule has 206 valence electrons. The molecule has 4 atom stereocenters. The summed E-state index contributed by atoms with van der Waals surface area (Å²) in [7, 11) is 0. The van der Waals surface area contributed by atoms with Crippen LogP contribution in [0.1, 0.15) is 38.4 Å². The Labute approximate surface area is 227 Å². The third-order valence-corrected chi connectivity index (χ3v) is 8.15. The number of amides is 3. The third kappa shape index (κ3) is 6.06. The molecule has 0 aliphatic carbocycles. The summed E-state index contributed by atoms with van der Waals surface area (Å²) in [6.07, 6.45) is -0.658. The lowest BCUT2D eigenvalue weighted by Crippen LogP contribution is -2.64. The number of hydrogen-bond donors (Lipinski definition) is 3. The summed E-state index contributed by atoms with van der Waals surface area (Å²) in [5, 5.41) is 13.4. The fraction of sp³-hybridized carbons (Fsp3) is 0.556. The van der Waals surface area contributed by atoms with Crippen LogP contribution < -0.4 is 11.1 Å². The zero-order valence-electron chi connectivity index (χ0n) is 22.3. The van der Waals surface area contributed by atoms with Gasteiger partial charge in [-0.15, -0.1) is 11.3 Å². The van der Waals surface area contributed by atoms with Crippen LogP contribution in [-0.2, 0) is 25.7 Å². The fourth-order valence-corrected chi connectivity index (χ4v) is 6.12. The minimum atomic E-state index is -0.811. The number of thiazole rings is 1. The van der Waals surface area contributed by atoms with Crippen molar-refractivity contribution in [3.05, 3.63) is 41.0 Å². The number of ether oxygens (including phenoxy) is 1. The predicted octanol–water partition coefficient (Wildman–Crippen LogP) is 1.30. The van der Waals surface area contributed by atoms with Crippen LogP contribution in [0.15, 0.2) is 29.8 Å². The van der Waals surface area contributed by atoms with Crippen molar-refractivity contribution in [2.24, 2.45) is 11.1 Å². The van der Waals surface area contributed by atoms with Gasteiger partial charge in [0, 0.05) is 26.1 Å². The summed E-state index contributed by atoms with van der Waals surface area (Å²) < 4.78 is 5.45. The Kier molecular flexibility index (Phi) is 8.51. The van der Waals surface area contributed by atoms with Gasteiger partial charge < -0.3 is 25.8 Å². The van der Waals surface area contributed by atoms with E-state index in [-0.39, 0.29) is 31.4 Å². The van der Waals surface area contributed by atoms with Gasteiger partial charge in [0.1, 0.15) is 12.1 Å². The van der Waals surface area contributed by atoms with E-state index in [0.717, 1.165) is 21.7 Å². The first kappa shape index (κ1) is 28.2. The first-order chi connectivity index (χ1) is 18.0. The summed E-state index contributed by atoms with van der Waals surface area (Å²) in [6.45, 7) is 8.93. The number of aryl methyl sites for hydroxylation is 1. The molecule has 0 saturated carbocycles. The maximum Gasteiger partial charge on any atom is 0.243 e. The number of nitrogens with zero attached hydrogens (tertiary/aromatic N) is 3. The molecule has 1 aromatic carbocycles. The van der Waals surface area contributed by atoms with Crippen molar-refractivity contribution in [2.75, 3.05) is 26.3 Å². The predicted molar refractivity (Wildman–Crippen MR) is 144 cm³/mol. The molecule has 3 heterocycles. The maximum atomic E-state index is 14.0. The Morgan fingerprint density at radius 2 is 1.95 bits per heavy atom. The van der Waals surface area contributed by atoms with Gasteiger partial charge in [-0.1, -0.05) is 45.0 Å². The topological polar surface area (TPSA) is 138 Å². The number of β-amino-alcohol motifs (C(OH)–C–C–N with tert-alkyl or cyclic N) is 1. The first-order valence-corrected chi connectivity index (χ1v) is 13.7. The fourth-order valence-electron chi connectivity index (χ4n) is 5.30. The number of nitrogens with two attached hydrogens (primary N) is 1. The van der Waals surface area contributed by atoms with Crippen molar-refractivity contribution in [2.45, 2.75) is 64.9 Å². The molecule has 4 rings (SSSR count). The van der Waals surface area contributed by atoms with Crippen LogP contribution in [0.2, 0.25) is 0 Å². The molecule has 38 heavy (non-hydrogen) atoms. The smallest absolute Gasteiger partial charge is 0.243 e. The number of primary amides is 1. The average Bonchev–Trinajstić information content (AvgIpc) is 3.47. The molecule has 4 N–H and O–H groups in total. The van der Waals surface area contributed by atoms with Crippen LogP contribution in [-0.4, -0.2) is 88.1 Å². The van der Waals surface area contributed by atoms with E-state index in [1.807, 2.05) is 57.5 Å². The Morgan fingerprint density at radius 1 is 1.24 bits per heavy atom. The van der Waals surface area contributed by atoms with Gasteiger partial charge >= 0.3 is 0 Å². The molecule has 2 fully saturated rings. The van der Waals surface area contributed by atoms with Gasteiger partial charge in [-0.3, -0.25) is 19.3 Å². The number of benzene rings is 1. The molecule has 10 nitrogen and oxygen atoms in total. The van der Waals surface area contributed by atoms with Gasteiger partial charge in [0.05, 0.1) is 41.4 Å². The van der Waals surface area contributed by atoms with E-state index in [1.165, 1.54) is 4.90 Å². The molecule has 2 saturated heterocycles. The van der Waals surface area contributed by atoms with E-state index >= 15 is 0 Å². The summed E-state index contributed by atoms with van der Waals surface area (Å²) in [4.78, 5) is 48.0. The van der Waals surface area contributed by atoms with Crippen molar-refractivity contribution in [1.29, 1.82) is 0 Å². The molecule has 2 aliphatic heterocycles. The quantitative estimate of drug-likeness (QED) is 0.479. The molecule has 1 aromatic heterocycles. The van der Waals surface area contributed by atoms with E-state index in [9.17, 15) is 19.5 Å². The van der Waals surface area contributed by atoms with Gasteiger partial charge in [-0.05, 0) is 23.5 Å². The number of likely N-dealkylation sites (tertiary alicyclic amines) is 1. The number of hydrogen-bond acceptors (Lipinski definition) is 8. The van der Waals surface area contributed by atoms with E-state index in [1.54, 1.807) is 16.2 Å². The number of carbonyl (C=O) groups is 3. The number of morpholine rings is 1. The lowest BCUT2D eigenvalue weighted by Gasteiger charge is -2.45. The number of aliphatic hydroxyl groups is 1. The minimum Gasteiger partial charge on any atom is -0.391 e. The highest BCUT2D eigenvalue weighted by molar-refractivity contribution is 7.13. The molecular weight excluding hydrogens is 506 g/mol. The number of aromatic nitrogens is 1. The molecule has 0 radical (unpaired) electrons. The van der Waals surface area contributed by atoms with Crippen LogP contribution in [0.3, 0.4) is 0 Å². The zero-order valence-corrected chi connectivity index (χ0v) is 23.2. The monoisotopic (exact) mass is 543 g/mol. The van der Waals surface area contributed by atoms with Crippen LogP contribution in [0.25, 0.3) is 10.4 Å². The second-order valence-corrected chi connectivity index (χ2v) is 11.9. The Balaban J connectivity index is 1.47. The van der Waals surface area contributed by atoms with Gasteiger partial charge in [-0.25, -0.2) is 4.98 Å². The summed E-state index contributed by atoms with van der Waals surface area (Å²) in [6, 6.07) is 5.65. The van der Waals surface area contributed by atoms with E-state index in [0.29, 0.717) is 19.7 Å². The normalized spacial score (nSPS) is 23.3. The van der Waals surface area contributed by atoms with Crippen LogP contribution in [0.5, 0.6) is 0 Å². The lowest BCUT2D eigenvalue weighted by atomic mass is 9.83. The number of carbonyl (C=O) groups excluding carboxylic acids is 3. The molecule has 1 unspecified atom stereocenters. The summed E-state index contributed by atoms with van der Waals surface area (Å²) >= 11 is 1.58. The van der Waals surface area contributed by atoms with Crippen molar-refractivity contribution in [3.63, 3.8) is 0 Å². The Hall–Kier alpha value is -2.86. The highest BCUT2D eigenvalue weighted by Crippen LogP contribution is 2.32. The zero-order chi connectivity index (χ0) is 27.6. The molecular formula is C27H37N5O5S. The highest BCUT2D eigenvalue weighted by atomic mass is 32.1. The lowest BCUT2D eigenvalue weighted by molar-refractivity contribution is -0.154. The maximum absolute atomic E-state index is 14.0. The molecule has 11 heteroatoms. The van der Waals surface area contributed by atoms with Crippen LogP contribution in [0.4, 0.5) is 0 Å². The second kappa shape index (κ2) is 11.5. The van der Waals surface area contributed by atoms with E-state index in [4.69, 9.17) is 10.5 Å². The van der Waals surface area contributed by atoms with E-state index < -0.39 is 35.6 Å². The third-order valence-electron chi connectivity index (χ3n) is 7.18. The van der Waals surface area contributed by atoms with Crippen molar-refractivity contribution in [1.82, 2.24) is 20.1 Å². The molecule has 3 amide bonds. The van der Waals surface area contributed by atoms with Crippen LogP contribution >= 0.6 is 11.3 Å². The minimum absolute atomic E-state index is 0.0535. The van der Waals surface area contributed by atoms with Gasteiger partial charge in [0.15, 0.2) is 0 Å². The molecule has 0 bridgehead atoms. The van der Waals surface area contributed by atoms with Gasteiger partial charge in [0.2, 0.25) is 17.7 Å². The summed E-state index contributed by atoms with van der Waals surface area (Å²) in [5.41, 5.74) is 9.87. The van der Waals surface area contributed by atoms with Crippen molar-refractivity contribution in [3.8, 4) is 10.4 Å². The first-order valence-electron chi connectivity index (χ1n) is 12.9. The SMILES string of the molecule is Cc1ncsc1-c1ccc(CNC(=O)[C@@H]2C[C@@H](O)CN2C(=O)[C@@H](N2CCOCC2C(N)=O)C(C)(C)C)cc1. The Bertz CT molecular complexity index is 1160. The standard InChI is InChI=1S/C27H37N5O5S/c1-16-22(38-15-30-16)18-7-5-17(6-8-18)12-29-25(35)20-11-19(33)13-32(20)26(36)23(27(2,3)4)31-9-10-37-14-21(31)24(28)34/h5-8,15,19-21,23,33H,9-14H2,1-4H3,(H2,28,34)(H,29,35)/t19-,20+,21?,23-/m1/s1. The molecule has 2 aliphatic rings. The van der Waals surface area contributed by atoms with Crippen LogP contribution in [0, 0.1) is 12.3 Å². The average molecular weight is 544 g/mol. The Morgan fingerprint density at radius 3 is 2.55 bits per heavy atom. The number of aliphatic hydroxyl groups excluding tert-OH is 1. The molecule has 2 aromatic rings. The molecule has 0 spiro atoms. The van der Waals surface area contributed by atoms with Crippen molar-refractivity contribution >= 4 is 29.1 Å². The van der Waals surface area contributed by atoms with Gasteiger partial charge in [0.25, 0.3) is 0 Å². The number of rotatable bonds is 7.